The number of alkyl halides is 1. The predicted molar refractivity (Wildman–Crippen MR) is 130 cm³/mol. The topological polar surface area (TPSA) is 108 Å². The first-order valence-electron chi connectivity index (χ1n) is 11.0. The van der Waals surface area contributed by atoms with E-state index in [2.05, 4.69) is 26.6 Å². The van der Waals surface area contributed by atoms with Crippen molar-refractivity contribution in [3.8, 4) is 0 Å². The number of fused-ring (bicyclic) bond motifs is 1. The Morgan fingerprint density at radius 1 is 1.09 bits per heavy atom. The van der Waals surface area contributed by atoms with Crippen molar-refractivity contribution in [2.24, 2.45) is 11.8 Å². The van der Waals surface area contributed by atoms with Gasteiger partial charge in [-0.25, -0.2) is 0 Å². The van der Waals surface area contributed by atoms with E-state index >= 15 is 0 Å². The smallest absolute Gasteiger partial charge is 0.250 e. The SMILES string of the molecule is O=C(Nc1ccc(Cl)cc1)C1N(CCO)C(=O)[C@@H]2[C@H](C(=O)Nc3ccccc3)[C@H]3OC12CC3Br. The second-order valence-corrected chi connectivity index (χ2v) is 10.4. The Bertz CT molecular complexity index is 1120. The minimum absolute atomic E-state index is 0.0379. The first-order chi connectivity index (χ1) is 16.4. The van der Waals surface area contributed by atoms with Crippen molar-refractivity contribution in [3.63, 3.8) is 0 Å². The maximum absolute atomic E-state index is 13.6. The van der Waals surface area contributed by atoms with Crippen LogP contribution in [-0.4, -0.2) is 63.5 Å². The van der Waals surface area contributed by atoms with Crippen molar-refractivity contribution in [1.82, 2.24) is 4.90 Å². The number of aliphatic hydroxyl groups excluding tert-OH is 1. The van der Waals surface area contributed by atoms with E-state index in [1.807, 2.05) is 18.2 Å². The molecule has 0 aromatic heterocycles. The van der Waals surface area contributed by atoms with Crippen molar-refractivity contribution in [3.05, 3.63) is 59.6 Å². The molecular weight excluding hydrogens is 526 g/mol. The van der Waals surface area contributed by atoms with Crippen LogP contribution in [0.4, 0.5) is 11.4 Å². The molecule has 10 heteroatoms. The lowest BCUT2D eigenvalue weighted by molar-refractivity contribution is -0.140. The van der Waals surface area contributed by atoms with Crippen molar-refractivity contribution in [2.75, 3.05) is 23.8 Å². The molecule has 178 valence electrons. The molecule has 2 aromatic carbocycles. The molecule has 0 radical (unpaired) electrons. The molecule has 3 aliphatic heterocycles. The number of benzene rings is 2. The van der Waals surface area contributed by atoms with E-state index in [4.69, 9.17) is 16.3 Å². The molecule has 0 saturated carbocycles. The third-order valence-electron chi connectivity index (χ3n) is 6.83. The van der Waals surface area contributed by atoms with Gasteiger partial charge in [0.05, 0.1) is 24.5 Å². The van der Waals surface area contributed by atoms with Crippen LogP contribution in [0.5, 0.6) is 0 Å². The molecule has 8 nitrogen and oxygen atoms in total. The van der Waals surface area contributed by atoms with E-state index < -0.39 is 35.5 Å². The highest BCUT2D eigenvalue weighted by atomic mass is 79.9. The summed E-state index contributed by atoms with van der Waals surface area (Å²) in [5.74, 6) is -2.73. The summed E-state index contributed by atoms with van der Waals surface area (Å²) in [4.78, 5) is 41.6. The quantitative estimate of drug-likeness (QED) is 0.481. The lowest BCUT2D eigenvalue weighted by atomic mass is 9.70. The number of aliphatic hydroxyl groups is 1. The standard InChI is InChI=1S/C24H23BrClN3O5/c25-16-12-24-18(17(19(16)34-24)21(31)27-14-4-2-1-3-5-14)23(33)29(10-11-30)20(24)22(32)28-15-8-6-13(26)7-9-15/h1-9,16-20,30H,10-12H2,(H,27,31)(H,28,32)/t16?,17-,18-,19-,20?,24?/m0/s1. The van der Waals surface area contributed by atoms with Gasteiger partial charge in [0, 0.05) is 27.8 Å². The molecule has 34 heavy (non-hydrogen) atoms. The van der Waals surface area contributed by atoms with Crippen LogP contribution in [0.25, 0.3) is 0 Å². The van der Waals surface area contributed by atoms with Crippen LogP contribution in [-0.2, 0) is 19.1 Å². The molecule has 6 atom stereocenters. The minimum Gasteiger partial charge on any atom is -0.395 e. The molecule has 0 aliphatic carbocycles. The molecule has 5 rings (SSSR count). The van der Waals surface area contributed by atoms with Gasteiger partial charge in [-0.1, -0.05) is 45.7 Å². The van der Waals surface area contributed by atoms with Gasteiger partial charge >= 0.3 is 0 Å². The largest absolute Gasteiger partial charge is 0.395 e. The fourth-order valence-corrected chi connectivity index (χ4v) is 6.64. The zero-order chi connectivity index (χ0) is 24.0. The van der Waals surface area contributed by atoms with Gasteiger partial charge < -0.3 is 25.4 Å². The first kappa shape index (κ1) is 23.3. The fraction of sp³-hybridized carbons (Fsp3) is 0.375. The van der Waals surface area contributed by atoms with E-state index in [9.17, 15) is 19.5 Å². The number of likely N-dealkylation sites (tertiary alicyclic amines) is 1. The summed E-state index contributed by atoms with van der Waals surface area (Å²) in [7, 11) is 0. The molecule has 2 aromatic rings. The second-order valence-electron chi connectivity index (χ2n) is 8.77. The Morgan fingerprint density at radius 3 is 2.41 bits per heavy atom. The van der Waals surface area contributed by atoms with E-state index in [1.54, 1.807) is 36.4 Å². The number of carbonyl (C=O) groups is 3. The number of amides is 3. The highest BCUT2D eigenvalue weighted by Gasteiger charge is 2.76. The van der Waals surface area contributed by atoms with Crippen LogP contribution in [0.1, 0.15) is 6.42 Å². The van der Waals surface area contributed by atoms with Crippen LogP contribution in [0.3, 0.4) is 0 Å². The molecule has 1 spiro atoms. The number of hydrogen-bond donors (Lipinski definition) is 3. The van der Waals surface area contributed by atoms with Crippen molar-refractivity contribution < 1.29 is 24.2 Å². The predicted octanol–water partition coefficient (Wildman–Crippen LogP) is 2.66. The highest BCUT2D eigenvalue weighted by Crippen LogP contribution is 2.60. The average molecular weight is 549 g/mol. The van der Waals surface area contributed by atoms with Gasteiger partial charge in [-0.05, 0) is 42.8 Å². The van der Waals surface area contributed by atoms with Gasteiger partial charge in [-0.15, -0.1) is 0 Å². The van der Waals surface area contributed by atoms with E-state index in [0.717, 1.165) is 0 Å². The zero-order valence-corrected chi connectivity index (χ0v) is 20.3. The number of β-amino-alcohol motifs (C(OH)–C–C–N with tert-alkyl or cyclic N) is 1. The summed E-state index contributed by atoms with van der Waals surface area (Å²) >= 11 is 9.57. The molecule has 3 heterocycles. The lowest BCUT2D eigenvalue weighted by Gasteiger charge is -2.34. The van der Waals surface area contributed by atoms with Gasteiger partial charge in [-0.2, -0.15) is 0 Å². The number of para-hydroxylation sites is 1. The zero-order valence-electron chi connectivity index (χ0n) is 18.0. The van der Waals surface area contributed by atoms with Crippen molar-refractivity contribution in [1.29, 1.82) is 0 Å². The number of rotatable bonds is 6. The molecule has 3 aliphatic rings. The Kier molecular flexibility index (Phi) is 6.14. The summed E-state index contributed by atoms with van der Waals surface area (Å²) in [6, 6.07) is 14.6. The van der Waals surface area contributed by atoms with Crippen LogP contribution in [0, 0.1) is 11.8 Å². The Hall–Kier alpha value is -2.46. The Labute approximate surface area is 209 Å². The normalized spacial score (nSPS) is 31.4. The number of nitrogens with zero attached hydrogens (tertiary/aromatic N) is 1. The van der Waals surface area contributed by atoms with Crippen LogP contribution >= 0.6 is 27.5 Å². The van der Waals surface area contributed by atoms with Crippen molar-refractivity contribution in [2.45, 2.75) is 29.0 Å². The van der Waals surface area contributed by atoms with Gasteiger partial charge in [0.15, 0.2) is 0 Å². The highest BCUT2D eigenvalue weighted by molar-refractivity contribution is 9.09. The molecular formula is C24H23BrClN3O5. The number of halogens is 2. The van der Waals surface area contributed by atoms with Gasteiger partial charge in [0.1, 0.15) is 11.6 Å². The molecule has 3 amide bonds. The third-order valence-corrected chi connectivity index (χ3v) is 7.93. The molecule has 2 bridgehead atoms. The fourth-order valence-electron chi connectivity index (χ4n) is 5.57. The summed E-state index contributed by atoms with van der Waals surface area (Å²) < 4.78 is 6.37. The number of carbonyl (C=O) groups excluding carboxylic acids is 3. The maximum atomic E-state index is 13.6. The average Bonchev–Trinajstić information content (AvgIpc) is 3.40. The van der Waals surface area contributed by atoms with Crippen LogP contribution in [0.15, 0.2) is 54.6 Å². The number of ether oxygens (including phenoxy) is 1. The molecule has 3 saturated heterocycles. The number of nitrogens with one attached hydrogen (secondary N) is 2. The van der Waals surface area contributed by atoms with E-state index in [1.165, 1.54) is 4.90 Å². The summed E-state index contributed by atoms with van der Waals surface area (Å²) in [5.41, 5.74) is -0.0441. The van der Waals surface area contributed by atoms with Crippen LogP contribution < -0.4 is 10.6 Å². The monoisotopic (exact) mass is 547 g/mol. The third kappa shape index (κ3) is 3.71. The lowest BCUT2D eigenvalue weighted by Crippen LogP contribution is -2.54. The number of anilines is 2. The Morgan fingerprint density at radius 2 is 1.74 bits per heavy atom. The Balaban J connectivity index is 1.48. The summed E-state index contributed by atoms with van der Waals surface area (Å²) in [6.07, 6.45) is -0.163. The molecule has 3 unspecified atom stereocenters. The molecule has 3 fully saturated rings. The second kappa shape index (κ2) is 8.96. The van der Waals surface area contributed by atoms with Gasteiger partial charge in [-0.3, -0.25) is 14.4 Å². The maximum Gasteiger partial charge on any atom is 0.250 e. The van der Waals surface area contributed by atoms with E-state index in [-0.39, 0.29) is 29.8 Å². The first-order valence-corrected chi connectivity index (χ1v) is 12.3. The number of hydrogen-bond acceptors (Lipinski definition) is 5. The van der Waals surface area contributed by atoms with Gasteiger partial charge in [0.2, 0.25) is 17.7 Å². The van der Waals surface area contributed by atoms with E-state index in [0.29, 0.717) is 22.8 Å². The summed E-state index contributed by atoms with van der Waals surface area (Å²) in [6.45, 7) is -0.356. The van der Waals surface area contributed by atoms with Crippen LogP contribution in [0.2, 0.25) is 5.02 Å². The summed E-state index contributed by atoms with van der Waals surface area (Å²) in [5, 5.41) is 15.9. The molecule has 3 N–H and O–H groups in total. The van der Waals surface area contributed by atoms with Gasteiger partial charge in [0.25, 0.3) is 0 Å². The minimum atomic E-state index is -1.18. The van der Waals surface area contributed by atoms with Crippen molar-refractivity contribution >= 4 is 56.6 Å².